The molecule has 1 N–H and O–H groups in total. The van der Waals surface area contributed by atoms with Crippen molar-refractivity contribution < 1.29 is 0 Å². The van der Waals surface area contributed by atoms with Crippen LogP contribution in [0, 0.1) is 5.92 Å². The van der Waals surface area contributed by atoms with Gasteiger partial charge in [-0.1, -0.05) is 0 Å². The molecule has 0 aromatic carbocycles. The SMILES string of the molecule is C1CNC2CCC(C1)CC2. The maximum atomic E-state index is 3.61. The van der Waals surface area contributed by atoms with E-state index in [-0.39, 0.29) is 0 Å². The van der Waals surface area contributed by atoms with Gasteiger partial charge in [-0.2, -0.15) is 0 Å². The fourth-order valence-electron chi connectivity index (χ4n) is 2.35. The Morgan fingerprint density at radius 3 is 2.50 bits per heavy atom. The molecule has 10 heavy (non-hydrogen) atoms. The molecule has 1 aliphatic carbocycles. The van der Waals surface area contributed by atoms with Gasteiger partial charge in [0.25, 0.3) is 0 Å². The van der Waals surface area contributed by atoms with Crippen LogP contribution in [0.15, 0.2) is 0 Å². The first kappa shape index (κ1) is 6.66. The molecule has 0 spiro atoms. The van der Waals surface area contributed by atoms with Gasteiger partial charge in [0.1, 0.15) is 0 Å². The minimum Gasteiger partial charge on any atom is -0.314 e. The average Bonchev–Trinajstić information content (AvgIpc) is 1.89. The lowest BCUT2D eigenvalue weighted by Gasteiger charge is -2.32. The molecule has 2 heterocycles. The summed E-state index contributed by atoms with van der Waals surface area (Å²) < 4.78 is 0. The summed E-state index contributed by atoms with van der Waals surface area (Å²) in [5, 5.41) is 3.61. The molecule has 0 atom stereocenters. The van der Waals surface area contributed by atoms with Gasteiger partial charge in [0.2, 0.25) is 0 Å². The van der Waals surface area contributed by atoms with Crippen LogP contribution < -0.4 is 5.32 Å². The van der Waals surface area contributed by atoms with E-state index in [9.17, 15) is 0 Å². The monoisotopic (exact) mass is 139 g/mol. The third-order valence-corrected chi connectivity index (χ3v) is 3.07. The summed E-state index contributed by atoms with van der Waals surface area (Å²) in [7, 11) is 0. The van der Waals surface area contributed by atoms with E-state index in [4.69, 9.17) is 0 Å². The molecule has 3 fully saturated rings. The largest absolute Gasteiger partial charge is 0.314 e. The van der Waals surface area contributed by atoms with Gasteiger partial charge in [-0.3, -0.25) is 0 Å². The van der Waals surface area contributed by atoms with E-state index < -0.39 is 0 Å². The van der Waals surface area contributed by atoms with Crippen molar-refractivity contribution in [3.05, 3.63) is 0 Å². The number of hydrogen-bond acceptors (Lipinski definition) is 1. The van der Waals surface area contributed by atoms with Gasteiger partial charge in [-0.25, -0.2) is 0 Å². The molecule has 1 saturated carbocycles. The zero-order chi connectivity index (χ0) is 6.81. The first-order valence-corrected chi connectivity index (χ1v) is 4.68. The lowest BCUT2D eigenvalue weighted by Crippen LogP contribution is -2.36. The normalized spacial score (nSPS) is 40.8. The van der Waals surface area contributed by atoms with Gasteiger partial charge in [0.05, 0.1) is 0 Å². The molecule has 2 bridgehead atoms. The van der Waals surface area contributed by atoms with E-state index >= 15 is 0 Å². The molecule has 3 aliphatic rings. The highest BCUT2D eigenvalue weighted by molar-refractivity contribution is 4.79. The third kappa shape index (κ3) is 1.34. The molecule has 1 nitrogen and oxygen atoms in total. The molecule has 58 valence electrons. The predicted molar refractivity (Wildman–Crippen MR) is 43.0 cm³/mol. The molecule has 0 radical (unpaired) electrons. The summed E-state index contributed by atoms with van der Waals surface area (Å²) in [6.07, 6.45) is 8.80. The van der Waals surface area contributed by atoms with Crippen LogP contribution >= 0.6 is 0 Å². The Hall–Kier alpha value is -0.0400. The zero-order valence-corrected chi connectivity index (χ0v) is 6.60. The fourth-order valence-corrected chi connectivity index (χ4v) is 2.35. The van der Waals surface area contributed by atoms with Gasteiger partial charge in [0.15, 0.2) is 0 Å². The highest BCUT2D eigenvalue weighted by Crippen LogP contribution is 2.29. The first-order valence-electron chi connectivity index (χ1n) is 4.68. The van der Waals surface area contributed by atoms with Crippen molar-refractivity contribution in [2.24, 2.45) is 5.92 Å². The van der Waals surface area contributed by atoms with Crippen LogP contribution in [0.1, 0.15) is 38.5 Å². The van der Waals surface area contributed by atoms with Crippen LogP contribution in [0.4, 0.5) is 0 Å². The van der Waals surface area contributed by atoms with Crippen molar-refractivity contribution in [1.82, 2.24) is 5.32 Å². The Balaban J connectivity index is 1.94. The van der Waals surface area contributed by atoms with E-state index in [1.165, 1.54) is 45.1 Å². The van der Waals surface area contributed by atoms with Crippen molar-refractivity contribution in [2.45, 2.75) is 44.6 Å². The first-order chi connectivity index (χ1) is 4.95. The van der Waals surface area contributed by atoms with Gasteiger partial charge in [-0.15, -0.1) is 0 Å². The predicted octanol–water partition coefficient (Wildman–Crippen LogP) is 1.93. The smallest absolute Gasteiger partial charge is 0.00672 e. The van der Waals surface area contributed by atoms with Crippen LogP contribution in [-0.2, 0) is 0 Å². The van der Waals surface area contributed by atoms with Crippen LogP contribution in [0.25, 0.3) is 0 Å². The molecule has 0 aromatic rings. The lowest BCUT2D eigenvalue weighted by atomic mass is 9.82. The summed E-state index contributed by atoms with van der Waals surface area (Å²) in [4.78, 5) is 0. The Bertz CT molecular complexity index is 83.8. The molecule has 0 aromatic heterocycles. The van der Waals surface area contributed by atoms with Crippen molar-refractivity contribution in [3.8, 4) is 0 Å². The van der Waals surface area contributed by atoms with Crippen molar-refractivity contribution in [3.63, 3.8) is 0 Å². The number of hydrogen-bond donors (Lipinski definition) is 1. The Morgan fingerprint density at radius 2 is 1.70 bits per heavy atom. The topological polar surface area (TPSA) is 12.0 Å². The van der Waals surface area contributed by atoms with Crippen molar-refractivity contribution in [1.29, 1.82) is 0 Å². The molecule has 1 heteroatoms. The summed E-state index contributed by atoms with van der Waals surface area (Å²) in [5.74, 6) is 1.10. The second kappa shape index (κ2) is 2.91. The molecular weight excluding hydrogens is 122 g/mol. The van der Waals surface area contributed by atoms with E-state index in [0.29, 0.717) is 0 Å². The minimum atomic E-state index is 0.886. The standard InChI is InChI=1S/C9H17N/c1-2-8-3-5-9(6-4-8)10-7-1/h8-10H,1-7H2. The molecule has 3 rings (SSSR count). The highest BCUT2D eigenvalue weighted by Gasteiger charge is 2.22. The minimum absolute atomic E-state index is 0.886. The quantitative estimate of drug-likeness (QED) is 0.540. The number of rotatable bonds is 0. The highest BCUT2D eigenvalue weighted by atomic mass is 14.9. The lowest BCUT2D eigenvalue weighted by molar-refractivity contribution is 0.247. The molecular formula is C9H17N. The van der Waals surface area contributed by atoms with Crippen LogP contribution in [-0.4, -0.2) is 12.6 Å². The average molecular weight is 139 g/mol. The van der Waals surface area contributed by atoms with Gasteiger partial charge in [-0.05, 0) is 51.0 Å². The molecule has 0 unspecified atom stereocenters. The summed E-state index contributed by atoms with van der Waals surface area (Å²) in [6, 6.07) is 0.886. The molecule has 2 saturated heterocycles. The fraction of sp³-hybridized carbons (Fsp3) is 1.00. The van der Waals surface area contributed by atoms with Gasteiger partial charge >= 0.3 is 0 Å². The van der Waals surface area contributed by atoms with E-state index in [2.05, 4.69) is 5.32 Å². The Morgan fingerprint density at radius 1 is 0.900 bits per heavy atom. The van der Waals surface area contributed by atoms with Crippen LogP contribution in [0.3, 0.4) is 0 Å². The van der Waals surface area contributed by atoms with Crippen LogP contribution in [0.2, 0.25) is 0 Å². The maximum Gasteiger partial charge on any atom is 0.00672 e. The summed E-state index contributed by atoms with van der Waals surface area (Å²) in [5.41, 5.74) is 0. The van der Waals surface area contributed by atoms with Crippen molar-refractivity contribution in [2.75, 3.05) is 6.54 Å². The Labute approximate surface area is 63.2 Å². The third-order valence-electron chi connectivity index (χ3n) is 3.07. The Kier molecular flexibility index (Phi) is 1.94. The van der Waals surface area contributed by atoms with Gasteiger partial charge in [0, 0.05) is 6.04 Å². The van der Waals surface area contributed by atoms with E-state index in [1.807, 2.05) is 0 Å². The van der Waals surface area contributed by atoms with Crippen LogP contribution in [0.5, 0.6) is 0 Å². The molecule has 2 aliphatic heterocycles. The van der Waals surface area contributed by atoms with E-state index in [1.54, 1.807) is 0 Å². The summed E-state index contributed by atoms with van der Waals surface area (Å²) >= 11 is 0. The van der Waals surface area contributed by atoms with E-state index in [0.717, 1.165) is 12.0 Å². The number of nitrogens with one attached hydrogen (secondary N) is 1. The molecule has 0 amide bonds. The maximum absolute atomic E-state index is 3.61. The second-order valence-electron chi connectivity index (χ2n) is 3.81. The zero-order valence-electron chi connectivity index (χ0n) is 6.60. The van der Waals surface area contributed by atoms with Gasteiger partial charge < -0.3 is 5.32 Å². The number of fused-ring (bicyclic) bond motifs is 5. The van der Waals surface area contributed by atoms with Crippen molar-refractivity contribution >= 4 is 0 Å². The second-order valence-corrected chi connectivity index (χ2v) is 3.81. The summed E-state index contributed by atoms with van der Waals surface area (Å²) in [6.45, 7) is 1.28.